The molecular formula is C41H50N4O6S2. The number of aromatic nitrogens is 4. The number of carbonyl (C=O) groups is 1. The molecule has 6 rings (SSSR count). The number of aryl methyl sites for hydroxylation is 4. The smallest absolute Gasteiger partial charge is 0.189 e. The highest BCUT2D eigenvalue weighted by Gasteiger charge is 2.43. The van der Waals surface area contributed by atoms with Gasteiger partial charge in [0.1, 0.15) is 29.9 Å². The molecule has 8 bridgehead atoms. The first-order valence-electron chi connectivity index (χ1n) is 18.2. The quantitative estimate of drug-likeness (QED) is 0.115. The van der Waals surface area contributed by atoms with Gasteiger partial charge in [-0.05, 0) is 123 Å². The molecule has 0 saturated carbocycles. The Morgan fingerprint density at radius 2 is 1.58 bits per heavy atom. The summed E-state index contributed by atoms with van der Waals surface area (Å²) in [7, 11) is 0. The lowest BCUT2D eigenvalue weighted by Gasteiger charge is -2.39. The number of carbonyl (C=O) groups excluding carboxylic acids is 1. The molecule has 5 atom stereocenters. The summed E-state index contributed by atoms with van der Waals surface area (Å²) in [6.07, 6.45) is -0.641. The Morgan fingerprint density at radius 3 is 2.30 bits per heavy atom. The van der Waals surface area contributed by atoms with Crippen molar-refractivity contribution in [1.29, 1.82) is 0 Å². The van der Waals surface area contributed by atoms with E-state index in [0.29, 0.717) is 30.8 Å². The first kappa shape index (κ1) is 39.2. The minimum atomic E-state index is -1.39. The van der Waals surface area contributed by atoms with Crippen molar-refractivity contribution >= 4 is 73.0 Å². The lowest BCUT2D eigenvalue weighted by molar-refractivity contribution is -0.205. The highest BCUT2D eigenvalue weighted by molar-refractivity contribution is 8.13. The fraction of sp³-hybridized carbons (Fsp3) is 0.439. The van der Waals surface area contributed by atoms with Crippen LogP contribution >= 0.6 is 23.5 Å². The Labute approximate surface area is 318 Å². The van der Waals surface area contributed by atoms with Crippen LogP contribution in [0.1, 0.15) is 85.1 Å². The van der Waals surface area contributed by atoms with Gasteiger partial charge < -0.3 is 35.1 Å². The molecule has 6 N–H and O–H groups in total. The van der Waals surface area contributed by atoms with Crippen LogP contribution in [0.5, 0.6) is 0 Å². The van der Waals surface area contributed by atoms with Crippen LogP contribution in [0.25, 0.3) is 44.4 Å². The third-order valence-electron chi connectivity index (χ3n) is 10.6. The van der Waals surface area contributed by atoms with Crippen LogP contribution in [0.2, 0.25) is 0 Å². The van der Waals surface area contributed by atoms with E-state index in [1.54, 1.807) is 0 Å². The van der Waals surface area contributed by atoms with Gasteiger partial charge in [0.25, 0.3) is 0 Å². The lowest BCUT2D eigenvalue weighted by atomic mass is 9.99. The molecule has 53 heavy (non-hydrogen) atoms. The number of nitrogens with one attached hydrogen (secondary N) is 2. The SMILES string of the molecule is C=CC1=C(C)c2cc3nc(c(C)c4cc(C)c(cc5[nH]c(cc1n2)c(C)c5CC)[nH]4)C(CCC(=O)SCCCS[C@@H]1O[C@H](CO)[C@@H](O)[C@H](O)[C@H]1O)=C3C. The van der Waals surface area contributed by atoms with E-state index in [4.69, 9.17) is 14.7 Å². The minimum Gasteiger partial charge on any atom is -0.394 e. The highest BCUT2D eigenvalue weighted by atomic mass is 32.2. The van der Waals surface area contributed by atoms with Crippen molar-refractivity contribution in [2.45, 2.75) is 97.1 Å². The maximum Gasteiger partial charge on any atom is 0.189 e. The number of thioether (sulfide) groups is 2. The number of fused-ring (bicyclic) bond motifs is 8. The zero-order chi connectivity index (χ0) is 38.1. The molecule has 0 amide bonds. The van der Waals surface area contributed by atoms with Crippen LogP contribution in [0.3, 0.4) is 0 Å². The number of H-pyrrole nitrogens is 2. The maximum absolute atomic E-state index is 13.2. The molecule has 3 aliphatic heterocycles. The van der Waals surface area contributed by atoms with Crippen LogP contribution in [0.15, 0.2) is 36.9 Å². The molecule has 0 unspecified atom stereocenters. The number of allylic oxidation sites excluding steroid dienone is 5. The molecule has 1 saturated heterocycles. The Kier molecular flexibility index (Phi) is 12.2. The van der Waals surface area contributed by atoms with Gasteiger partial charge >= 0.3 is 0 Å². The first-order valence-corrected chi connectivity index (χ1v) is 20.2. The second-order valence-corrected chi connectivity index (χ2v) is 16.3. The Morgan fingerprint density at radius 1 is 0.868 bits per heavy atom. The fourth-order valence-electron chi connectivity index (χ4n) is 7.29. The number of rotatable bonds is 11. The molecule has 1 fully saturated rings. The molecule has 3 aliphatic rings. The number of aromatic amines is 2. The van der Waals surface area contributed by atoms with Crippen molar-refractivity contribution in [2.24, 2.45) is 0 Å². The third kappa shape index (κ3) is 7.86. The van der Waals surface area contributed by atoms with Gasteiger partial charge in [0, 0.05) is 39.8 Å². The largest absolute Gasteiger partial charge is 0.394 e. The number of hydrogen-bond acceptors (Lipinski definition) is 10. The summed E-state index contributed by atoms with van der Waals surface area (Å²) in [6.45, 7) is 16.3. The van der Waals surface area contributed by atoms with Crippen molar-refractivity contribution in [1.82, 2.24) is 19.9 Å². The fourth-order valence-corrected chi connectivity index (χ4v) is 9.36. The number of hydrogen-bond donors (Lipinski definition) is 6. The Balaban J connectivity index is 1.27. The normalized spacial score (nSPS) is 21.8. The Bertz CT molecular complexity index is 2150. The summed E-state index contributed by atoms with van der Waals surface area (Å²) in [5.74, 6) is 1.17. The summed E-state index contributed by atoms with van der Waals surface area (Å²) in [4.78, 5) is 30.8. The maximum atomic E-state index is 13.2. The van der Waals surface area contributed by atoms with E-state index in [1.807, 2.05) is 6.08 Å². The summed E-state index contributed by atoms with van der Waals surface area (Å²) in [5.41, 5.74) is 15.4. The van der Waals surface area contributed by atoms with Crippen LogP contribution in [-0.2, 0) is 16.0 Å². The topological polar surface area (TPSA) is 165 Å². The van der Waals surface area contributed by atoms with Crippen LogP contribution in [0.4, 0.5) is 0 Å². The number of aliphatic hydroxyl groups excluding tert-OH is 4. The van der Waals surface area contributed by atoms with Crippen molar-refractivity contribution in [3.63, 3.8) is 0 Å². The zero-order valence-electron chi connectivity index (χ0n) is 31.2. The van der Waals surface area contributed by atoms with Gasteiger partial charge in [0.05, 0.1) is 29.4 Å². The molecule has 12 heteroatoms. The van der Waals surface area contributed by atoms with Gasteiger partial charge in [-0.3, -0.25) is 4.79 Å². The molecule has 282 valence electrons. The van der Waals surface area contributed by atoms with E-state index in [0.717, 1.165) is 84.7 Å². The zero-order valence-corrected chi connectivity index (χ0v) is 32.9. The van der Waals surface area contributed by atoms with Crippen LogP contribution in [-0.4, -0.2) is 93.4 Å². The monoisotopic (exact) mass is 758 g/mol. The van der Waals surface area contributed by atoms with Crippen molar-refractivity contribution in [2.75, 3.05) is 18.1 Å². The van der Waals surface area contributed by atoms with E-state index >= 15 is 0 Å². The van der Waals surface area contributed by atoms with Gasteiger partial charge in [0.15, 0.2) is 5.12 Å². The molecule has 0 spiro atoms. The summed E-state index contributed by atoms with van der Waals surface area (Å²) in [6, 6.07) is 8.52. The molecule has 6 heterocycles. The third-order valence-corrected chi connectivity index (χ3v) is 12.8. The number of ether oxygens (including phenoxy) is 1. The lowest BCUT2D eigenvalue weighted by Crippen LogP contribution is -2.57. The second kappa shape index (κ2) is 16.5. The van der Waals surface area contributed by atoms with Crippen molar-refractivity contribution in [3.8, 4) is 0 Å². The number of nitrogens with zero attached hydrogens (tertiary/aromatic N) is 2. The summed E-state index contributed by atoms with van der Waals surface area (Å²) in [5, 5.41) is 39.9. The van der Waals surface area contributed by atoms with E-state index in [2.05, 4.69) is 82.4 Å². The van der Waals surface area contributed by atoms with Crippen LogP contribution < -0.4 is 0 Å². The van der Waals surface area contributed by atoms with E-state index < -0.39 is 36.5 Å². The van der Waals surface area contributed by atoms with Crippen molar-refractivity contribution < 1.29 is 30.0 Å². The van der Waals surface area contributed by atoms with Crippen molar-refractivity contribution in [3.05, 3.63) is 81.9 Å². The molecular weight excluding hydrogens is 709 g/mol. The Hall–Kier alpha value is -3.49. The predicted molar refractivity (Wildman–Crippen MR) is 217 cm³/mol. The summed E-state index contributed by atoms with van der Waals surface area (Å²) < 4.78 is 5.58. The highest BCUT2D eigenvalue weighted by Crippen LogP contribution is 2.38. The summed E-state index contributed by atoms with van der Waals surface area (Å²) >= 11 is 2.58. The van der Waals surface area contributed by atoms with Gasteiger partial charge in [-0.25, -0.2) is 9.97 Å². The molecule has 3 aromatic rings. The predicted octanol–water partition coefficient (Wildman–Crippen LogP) is 6.81. The standard InChI is InChI=1S/C41H50N4O6S2/c1-8-25-22(5)31-18-34-26(9-2)21(4)30(43-34)17-32-23(6)27(37(45-32)24(7)29-15-20(3)28(42-29)16-33(25)44-31)11-12-36(47)52-13-10-14-53-41-40(50)39(49)38(48)35(19-46)51-41/h9,15-18,35,38-42,44,46,48-50H,2,8,10-14,19H2,1,3-7H3/t35-,38-,39+,40-,41+/m1/s1. The molecule has 0 aromatic carbocycles. The van der Waals surface area contributed by atoms with E-state index in [-0.39, 0.29) is 5.12 Å². The minimum absolute atomic E-state index is 0.0834. The number of aliphatic hydroxyl groups is 4. The van der Waals surface area contributed by atoms with Gasteiger partial charge in [0.2, 0.25) is 0 Å². The van der Waals surface area contributed by atoms with E-state index in [1.165, 1.54) is 34.7 Å². The first-order chi connectivity index (χ1) is 25.4. The average Bonchev–Trinajstić information content (AvgIpc) is 3.84. The average molecular weight is 759 g/mol. The molecule has 3 aromatic heterocycles. The van der Waals surface area contributed by atoms with Crippen LogP contribution in [0, 0.1) is 20.8 Å². The van der Waals surface area contributed by atoms with E-state index in [9.17, 15) is 25.2 Å². The van der Waals surface area contributed by atoms with Gasteiger partial charge in [-0.1, -0.05) is 31.3 Å². The van der Waals surface area contributed by atoms with Gasteiger partial charge in [-0.15, -0.1) is 11.8 Å². The molecule has 0 aliphatic carbocycles. The molecule has 10 nitrogen and oxygen atoms in total. The van der Waals surface area contributed by atoms with Gasteiger partial charge in [-0.2, -0.15) is 0 Å². The molecule has 0 radical (unpaired) electrons. The second-order valence-electron chi connectivity index (χ2n) is 14.0.